The third-order valence-electron chi connectivity index (χ3n) is 5.97. The Labute approximate surface area is 198 Å². The van der Waals surface area contributed by atoms with Gasteiger partial charge in [0.1, 0.15) is 5.82 Å². The van der Waals surface area contributed by atoms with Gasteiger partial charge in [-0.05, 0) is 60.6 Å². The summed E-state index contributed by atoms with van der Waals surface area (Å²) in [5.41, 5.74) is 3.53. The van der Waals surface area contributed by atoms with Crippen LogP contribution in [0.25, 0.3) is 10.4 Å². The summed E-state index contributed by atoms with van der Waals surface area (Å²) < 4.78 is 0. The zero-order valence-electron chi connectivity index (χ0n) is 18.5. The van der Waals surface area contributed by atoms with E-state index in [0.29, 0.717) is 18.5 Å². The molecule has 0 bridgehead atoms. The number of aromatic nitrogens is 3. The molecule has 4 aromatic rings. The smallest absolute Gasteiger partial charge is 0.224 e. The Hall–Kier alpha value is -3.29. The van der Waals surface area contributed by atoms with Crippen molar-refractivity contribution < 1.29 is 0 Å². The summed E-state index contributed by atoms with van der Waals surface area (Å²) in [6.07, 6.45) is 7.78. The van der Waals surface area contributed by atoms with E-state index < -0.39 is 0 Å². The number of thiophene rings is 1. The summed E-state index contributed by atoms with van der Waals surface area (Å²) in [6.45, 7) is 3.54. The molecule has 0 atom stereocenters. The first-order valence-electron chi connectivity index (χ1n) is 11.4. The third-order valence-corrected chi connectivity index (χ3v) is 6.88. The van der Waals surface area contributed by atoms with Crippen LogP contribution in [0.15, 0.2) is 78.6 Å². The Morgan fingerprint density at radius 1 is 0.970 bits per heavy atom. The molecule has 6 nitrogen and oxygen atoms in total. The fraction of sp³-hybridized carbons (Fsp3) is 0.269. The molecule has 0 radical (unpaired) electrons. The number of rotatable bonds is 8. The molecule has 0 unspecified atom stereocenters. The summed E-state index contributed by atoms with van der Waals surface area (Å²) in [7, 11) is 0. The van der Waals surface area contributed by atoms with Crippen molar-refractivity contribution in [1.29, 1.82) is 0 Å². The maximum Gasteiger partial charge on any atom is 0.224 e. The maximum atomic E-state index is 5.09. The number of pyridine rings is 1. The zero-order chi connectivity index (χ0) is 22.3. The molecule has 2 N–H and O–H groups in total. The van der Waals surface area contributed by atoms with Gasteiger partial charge in [0.2, 0.25) is 5.95 Å². The quantitative estimate of drug-likeness (QED) is 0.390. The van der Waals surface area contributed by atoms with E-state index in [9.17, 15) is 0 Å². The second-order valence-electron chi connectivity index (χ2n) is 8.21. The van der Waals surface area contributed by atoms with Gasteiger partial charge in [-0.3, -0.25) is 4.98 Å². The van der Waals surface area contributed by atoms with Crippen LogP contribution in [-0.4, -0.2) is 34.1 Å². The first-order chi connectivity index (χ1) is 16.4. The molecule has 4 heterocycles. The number of hydrogen-bond acceptors (Lipinski definition) is 7. The minimum Gasteiger partial charge on any atom is -0.350 e. The van der Waals surface area contributed by atoms with E-state index in [1.165, 1.54) is 10.4 Å². The van der Waals surface area contributed by atoms with Crippen LogP contribution < -0.4 is 15.5 Å². The highest BCUT2D eigenvalue weighted by Gasteiger charge is 2.26. The van der Waals surface area contributed by atoms with Crippen molar-refractivity contribution in [3.63, 3.8) is 0 Å². The highest BCUT2D eigenvalue weighted by molar-refractivity contribution is 7.13. The summed E-state index contributed by atoms with van der Waals surface area (Å²) >= 11 is 1.73. The molecule has 5 rings (SSSR count). The number of hydrogen-bond donors (Lipinski definition) is 2. The van der Waals surface area contributed by atoms with E-state index in [0.717, 1.165) is 49.4 Å². The summed E-state index contributed by atoms with van der Waals surface area (Å²) in [5.74, 6) is 1.65. The van der Waals surface area contributed by atoms with Crippen molar-refractivity contribution in [3.05, 3.63) is 89.7 Å². The lowest BCUT2D eigenvalue weighted by atomic mass is 10.0. The number of nitrogens with zero attached hydrogens (tertiary/aromatic N) is 4. The Balaban J connectivity index is 1.51. The average Bonchev–Trinajstić information content (AvgIpc) is 3.43. The second-order valence-corrected chi connectivity index (χ2v) is 9.16. The lowest BCUT2D eigenvalue weighted by molar-refractivity contribution is 0.426. The Kier molecular flexibility index (Phi) is 6.89. The minimum atomic E-state index is 0.424. The van der Waals surface area contributed by atoms with Crippen LogP contribution >= 0.6 is 11.3 Å². The highest BCUT2D eigenvalue weighted by atomic mass is 32.1. The van der Waals surface area contributed by atoms with Gasteiger partial charge in [0, 0.05) is 42.6 Å². The molecule has 0 spiro atoms. The number of benzene rings is 1. The predicted molar refractivity (Wildman–Crippen MR) is 135 cm³/mol. The first kappa shape index (κ1) is 21.6. The molecule has 1 saturated heterocycles. The topological polar surface area (TPSA) is 66.0 Å². The molecule has 7 heteroatoms. The van der Waals surface area contributed by atoms with Crippen molar-refractivity contribution in [2.24, 2.45) is 0 Å². The van der Waals surface area contributed by atoms with Crippen LogP contribution in [-0.2, 0) is 13.1 Å². The van der Waals surface area contributed by atoms with Gasteiger partial charge in [-0.2, -0.15) is 4.98 Å². The molecule has 33 heavy (non-hydrogen) atoms. The van der Waals surface area contributed by atoms with Crippen LogP contribution in [0.5, 0.6) is 0 Å². The molecule has 0 aliphatic carbocycles. The van der Waals surface area contributed by atoms with Crippen molar-refractivity contribution in [1.82, 2.24) is 20.3 Å². The SMILES string of the molecule is c1ccc(CN(c2nc(NCc3ccncc3)ncc2-c2cccs2)C2CCNCC2)cc1. The first-order valence-corrected chi connectivity index (χ1v) is 12.3. The predicted octanol–water partition coefficient (Wildman–Crippen LogP) is 4.97. The summed E-state index contributed by atoms with van der Waals surface area (Å²) in [5, 5.41) is 9.02. The average molecular weight is 457 g/mol. The number of anilines is 2. The lowest BCUT2D eigenvalue weighted by Crippen LogP contribution is -2.43. The van der Waals surface area contributed by atoms with Crippen LogP contribution in [0.2, 0.25) is 0 Å². The van der Waals surface area contributed by atoms with Gasteiger partial charge >= 0.3 is 0 Å². The van der Waals surface area contributed by atoms with Crippen LogP contribution in [0.1, 0.15) is 24.0 Å². The van der Waals surface area contributed by atoms with Crippen molar-refractivity contribution >= 4 is 23.1 Å². The molecule has 3 aromatic heterocycles. The molecular formula is C26H28N6S. The van der Waals surface area contributed by atoms with Crippen molar-refractivity contribution in [2.75, 3.05) is 23.3 Å². The largest absolute Gasteiger partial charge is 0.350 e. The van der Waals surface area contributed by atoms with Gasteiger partial charge in [0.05, 0.1) is 5.56 Å². The monoisotopic (exact) mass is 456 g/mol. The van der Waals surface area contributed by atoms with Crippen molar-refractivity contribution in [3.8, 4) is 10.4 Å². The Morgan fingerprint density at radius 2 is 1.79 bits per heavy atom. The standard InChI is InChI=1S/C26H28N6S/c1-2-5-21(6-3-1)19-32(22-10-14-28-15-11-22)25-23(24-7-4-16-33-24)18-30-26(31-25)29-17-20-8-12-27-13-9-20/h1-9,12-13,16,18,22,28H,10-11,14-15,17,19H2,(H,29,30,31). The van der Waals surface area contributed by atoms with Gasteiger partial charge in [0.25, 0.3) is 0 Å². The fourth-order valence-electron chi connectivity index (χ4n) is 4.24. The highest BCUT2D eigenvalue weighted by Crippen LogP contribution is 2.35. The minimum absolute atomic E-state index is 0.424. The van der Waals surface area contributed by atoms with Gasteiger partial charge in [0.15, 0.2) is 0 Å². The number of nitrogens with one attached hydrogen (secondary N) is 2. The zero-order valence-corrected chi connectivity index (χ0v) is 19.3. The molecule has 0 saturated carbocycles. The van der Waals surface area contributed by atoms with E-state index in [-0.39, 0.29) is 0 Å². The van der Waals surface area contributed by atoms with Gasteiger partial charge in [-0.1, -0.05) is 36.4 Å². The van der Waals surface area contributed by atoms with E-state index in [2.05, 4.69) is 73.3 Å². The molecule has 1 aliphatic rings. The van der Waals surface area contributed by atoms with Crippen LogP contribution in [0.3, 0.4) is 0 Å². The molecule has 1 fully saturated rings. The molecule has 1 aromatic carbocycles. The fourth-order valence-corrected chi connectivity index (χ4v) is 4.97. The van der Waals surface area contributed by atoms with E-state index in [1.54, 1.807) is 11.3 Å². The normalized spacial score (nSPS) is 14.2. The van der Waals surface area contributed by atoms with E-state index in [1.807, 2.05) is 30.7 Å². The van der Waals surface area contributed by atoms with Crippen LogP contribution in [0.4, 0.5) is 11.8 Å². The second kappa shape index (κ2) is 10.6. The molecular weight excluding hydrogens is 428 g/mol. The molecule has 168 valence electrons. The molecule has 1 aliphatic heterocycles. The lowest BCUT2D eigenvalue weighted by Gasteiger charge is -2.36. The van der Waals surface area contributed by atoms with E-state index >= 15 is 0 Å². The number of piperidine rings is 1. The third kappa shape index (κ3) is 5.38. The summed E-state index contributed by atoms with van der Waals surface area (Å²) in [6, 6.07) is 19.4. The maximum absolute atomic E-state index is 5.09. The Morgan fingerprint density at radius 3 is 2.55 bits per heavy atom. The summed E-state index contributed by atoms with van der Waals surface area (Å²) in [4.78, 5) is 17.5. The van der Waals surface area contributed by atoms with E-state index in [4.69, 9.17) is 4.98 Å². The molecule has 0 amide bonds. The van der Waals surface area contributed by atoms with Crippen LogP contribution in [0, 0.1) is 0 Å². The van der Waals surface area contributed by atoms with Crippen molar-refractivity contribution in [2.45, 2.75) is 32.0 Å². The Bertz CT molecular complexity index is 1130. The van der Waals surface area contributed by atoms with Gasteiger partial charge in [-0.25, -0.2) is 4.98 Å². The van der Waals surface area contributed by atoms with Gasteiger partial charge in [-0.15, -0.1) is 11.3 Å². The van der Waals surface area contributed by atoms with Gasteiger partial charge < -0.3 is 15.5 Å².